The minimum absolute atomic E-state index is 0.298. The van der Waals surface area contributed by atoms with E-state index in [1.54, 1.807) is 6.07 Å². The lowest BCUT2D eigenvalue weighted by Crippen LogP contribution is -2.07. The van der Waals surface area contributed by atoms with Crippen molar-refractivity contribution in [2.45, 2.75) is 20.4 Å². The molecule has 0 aliphatic carbocycles. The third kappa shape index (κ3) is 2.42. The number of nitrogens with zero attached hydrogens (tertiary/aromatic N) is 2. The maximum absolute atomic E-state index is 13.1. The van der Waals surface area contributed by atoms with Gasteiger partial charge in [-0.25, -0.2) is 14.4 Å². The molecule has 0 unspecified atom stereocenters. The summed E-state index contributed by atoms with van der Waals surface area (Å²) < 4.78 is 13.7. The zero-order valence-electron chi connectivity index (χ0n) is 10.2. The van der Waals surface area contributed by atoms with Gasteiger partial charge in [-0.1, -0.05) is 0 Å². The van der Waals surface area contributed by atoms with Gasteiger partial charge in [-0.05, 0) is 53.5 Å². The molecule has 1 aromatic carbocycles. The van der Waals surface area contributed by atoms with Crippen LogP contribution in [0.2, 0.25) is 0 Å². The van der Waals surface area contributed by atoms with Crippen LogP contribution in [-0.4, -0.2) is 9.97 Å². The predicted octanol–water partition coefficient (Wildman–Crippen LogP) is 3.12. The molecule has 3 nitrogen and oxygen atoms in total. The van der Waals surface area contributed by atoms with Gasteiger partial charge in [0.2, 0.25) is 0 Å². The molecule has 0 aliphatic heterocycles. The summed E-state index contributed by atoms with van der Waals surface area (Å²) in [6, 6.07) is 4.45. The Kier molecular flexibility index (Phi) is 3.73. The number of benzene rings is 1. The van der Waals surface area contributed by atoms with Crippen LogP contribution in [0.15, 0.2) is 22.7 Å². The van der Waals surface area contributed by atoms with E-state index in [-0.39, 0.29) is 5.82 Å². The highest BCUT2D eigenvalue weighted by Crippen LogP contribution is 2.27. The monoisotopic (exact) mass is 309 g/mol. The van der Waals surface area contributed by atoms with Crippen LogP contribution in [-0.2, 0) is 6.54 Å². The number of rotatable bonds is 2. The second-order valence-corrected chi connectivity index (χ2v) is 4.89. The van der Waals surface area contributed by atoms with E-state index in [9.17, 15) is 4.39 Å². The number of hydrogen-bond acceptors (Lipinski definition) is 3. The fourth-order valence-corrected chi connectivity index (χ4v) is 2.21. The zero-order chi connectivity index (χ0) is 13.3. The Hall–Kier alpha value is -1.33. The topological polar surface area (TPSA) is 51.8 Å². The summed E-state index contributed by atoms with van der Waals surface area (Å²) >= 11 is 3.32. The second-order valence-electron chi connectivity index (χ2n) is 4.03. The van der Waals surface area contributed by atoms with Gasteiger partial charge in [0.05, 0.1) is 5.69 Å². The van der Waals surface area contributed by atoms with E-state index in [1.165, 1.54) is 12.1 Å². The molecule has 2 N–H and O–H groups in total. The molecule has 0 aliphatic rings. The molecule has 0 radical (unpaired) electrons. The Bertz CT molecular complexity index is 599. The maximum Gasteiger partial charge on any atom is 0.160 e. The minimum atomic E-state index is -0.298. The van der Waals surface area contributed by atoms with E-state index < -0.39 is 0 Å². The molecule has 0 spiro atoms. The molecule has 18 heavy (non-hydrogen) atoms. The van der Waals surface area contributed by atoms with E-state index in [0.29, 0.717) is 16.8 Å². The average Bonchev–Trinajstić information content (AvgIpc) is 2.32. The molecule has 1 heterocycles. The number of nitrogens with two attached hydrogens (primary N) is 1. The smallest absolute Gasteiger partial charge is 0.160 e. The SMILES string of the molecule is Cc1nc(-c2ccc(F)cc2Br)nc(CN)c1C. The minimum Gasteiger partial charge on any atom is -0.325 e. The van der Waals surface area contributed by atoms with Crippen LogP contribution < -0.4 is 5.73 Å². The molecular weight excluding hydrogens is 297 g/mol. The first-order valence-corrected chi connectivity index (χ1v) is 6.32. The number of aromatic nitrogens is 2. The fraction of sp³-hybridized carbons (Fsp3) is 0.231. The molecule has 0 amide bonds. The highest BCUT2D eigenvalue weighted by atomic mass is 79.9. The van der Waals surface area contributed by atoms with E-state index in [2.05, 4.69) is 25.9 Å². The van der Waals surface area contributed by atoms with Gasteiger partial charge in [0.15, 0.2) is 5.82 Å². The van der Waals surface area contributed by atoms with Crippen molar-refractivity contribution in [1.29, 1.82) is 0 Å². The van der Waals surface area contributed by atoms with Crippen LogP contribution in [0.4, 0.5) is 4.39 Å². The summed E-state index contributed by atoms with van der Waals surface area (Å²) in [5, 5.41) is 0. The van der Waals surface area contributed by atoms with Gasteiger partial charge < -0.3 is 5.73 Å². The lowest BCUT2D eigenvalue weighted by Gasteiger charge is -2.10. The van der Waals surface area contributed by atoms with E-state index in [4.69, 9.17) is 5.73 Å². The lowest BCUT2D eigenvalue weighted by molar-refractivity contribution is 0.627. The van der Waals surface area contributed by atoms with Gasteiger partial charge in [0.25, 0.3) is 0 Å². The van der Waals surface area contributed by atoms with Crippen molar-refractivity contribution in [2.24, 2.45) is 5.73 Å². The maximum atomic E-state index is 13.1. The number of aryl methyl sites for hydroxylation is 1. The quantitative estimate of drug-likeness (QED) is 0.927. The van der Waals surface area contributed by atoms with Gasteiger partial charge in [-0.2, -0.15) is 0 Å². The highest BCUT2D eigenvalue weighted by Gasteiger charge is 2.11. The third-order valence-electron chi connectivity index (χ3n) is 2.86. The Morgan fingerprint density at radius 1 is 1.28 bits per heavy atom. The summed E-state index contributed by atoms with van der Waals surface area (Å²) in [4.78, 5) is 8.85. The van der Waals surface area contributed by atoms with Gasteiger partial charge in [-0.15, -0.1) is 0 Å². The first kappa shape index (κ1) is 13.1. The first-order chi connectivity index (χ1) is 8.52. The van der Waals surface area contributed by atoms with Gasteiger partial charge in [0.1, 0.15) is 5.82 Å². The molecule has 0 fully saturated rings. The molecule has 1 aromatic heterocycles. The lowest BCUT2D eigenvalue weighted by atomic mass is 10.1. The van der Waals surface area contributed by atoms with Gasteiger partial charge in [0, 0.05) is 22.3 Å². The molecule has 0 saturated carbocycles. The molecule has 2 aromatic rings. The van der Waals surface area contributed by atoms with Crippen molar-refractivity contribution < 1.29 is 4.39 Å². The molecule has 94 valence electrons. The predicted molar refractivity (Wildman–Crippen MR) is 72.5 cm³/mol. The van der Waals surface area contributed by atoms with Crippen LogP contribution in [0.1, 0.15) is 17.0 Å². The number of hydrogen-bond donors (Lipinski definition) is 1. The Labute approximate surface area is 113 Å². The van der Waals surface area contributed by atoms with Crippen LogP contribution in [0.3, 0.4) is 0 Å². The zero-order valence-corrected chi connectivity index (χ0v) is 11.8. The third-order valence-corrected chi connectivity index (χ3v) is 3.51. The molecule has 0 atom stereocenters. The molecule has 0 saturated heterocycles. The molecule has 2 rings (SSSR count). The van der Waals surface area contributed by atoms with Gasteiger partial charge >= 0.3 is 0 Å². The van der Waals surface area contributed by atoms with Crippen LogP contribution in [0, 0.1) is 19.7 Å². The van der Waals surface area contributed by atoms with Crippen LogP contribution in [0.25, 0.3) is 11.4 Å². The van der Waals surface area contributed by atoms with E-state index >= 15 is 0 Å². The summed E-state index contributed by atoms with van der Waals surface area (Å²) in [5.41, 5.74) is 9.12. The molecule has 0 bridgehead atoms. The van der Waals surface area contributed by atoms with Crippen molar-refractivity contribution in [1.82, 2.24) is 9.97 Å². The van der Waals surface area contributed by atoms with Crippen molar-refractivity contribution in [3.8, 4) is 11.4 Å². The second kappa shape index (κ2) is 5.12. The number of halogens is 2. The molecule has 5 heteroatoms. The Balaban J connectivity index is 2.60. The van der Waals surface area contributed by atoms with Crippen molar-refractivity contribution in [3.63, 3.8) is 0 Å². The van der Waals surface area contributed by atoms with Crippen molar-refractivity contribution in [2.75, 3.05) is 0 Å². The largest absolute Gasteiger partial charge is 0.325 e. The van der Waals surface area contributed by atoms with E-state index in [0.717, 1.165) is 22.5 Å². The Morgan fingerprint density at radius 2 is 2.00 bits per heavy atom. The standard InChI is InChI=1S/C13H13BrFN3/c1-7-8(2)17-13(18-12(7)6-16)10-4-3-9(15)5-11(10)14/h3-5H,6,16H2,1-2H3. The van der Waals surface area contributed by atoms with Crippen LogP contribution in [0.5, 0.6) is 0 Å². The summed E-state index contributed by atoms with van der Waals surface area (Å²) in [5.74, 6) is 0.263. The van der Waals surface area contributed by atoms with Gasteiger partial charge in [-0.3, -0.25) is 0 Å². The summed E-state index contributed by atoms with van der Waals surface area (Å²) in [6.07, 6.45) is 0. The summed E-state index contributed by atoms with van der Waals surface area (Å²) in [7, 11) is 0. The first-order valence-electron chi connectivity index (χ1n) is 5.52. The Morgan fingerprint density at radius 3 is 2.61 bits per heavy atom. The average molecular weight is 310 g/mol. The van der Waals surface area contributed by atoms with Crippen LogP contribution >= 0.6 is 15.9 Å². The molecular formula is C13H13BrFN3. The normalized spacial score (nSPS) is 10.7. The van der Waals surface area contributed by atoms with Crippen molar-refractivity contribution >= 4 is 15.9 Å². The van der Waals surface area contributed by atoms with Crippen molar-refractivity contribution in [3.05, 3.63) is 45.4 Å². The fourth-order valence-electron chi connectivity index (χ4n) is 1.68. The van der Waals surface area contributed by atoms with E-state index in [1.807, 2.05) is 13.8 Å². The summed E-state index contributed by atoms with van der Waals surface area (Å²) in [6.45, 7) is 4.22. The highest BCUT2D eigenvalue weighted by molar-refractivity contribution is 9.10.